The van der Waals surface area contributed by atoms with Crippen LogP contribution in [0.25, 0.3) is 0 Å². The maximum atomic E-state index is 13.0. The number of hydrogen-bond acceptors (Lipinski definition) is 6. The number of phosphoric acid groups is 1. The van der Waals surface area contributed by atoms with Gasteiger partial charge in [-0.15, -0.1) is 0 Å². The summed E-state index contributed by atoms with van der Waals surface area (Å²) in [5.74, 6) is -0.200. The molecule has 0 aromatic heterocycles. The minimum absolute atomic E-state index is 0.00352. The van der Waals surface area contributed by atoms with Crippen LogP contribution in [0, 0.1) is 0 Å². The van der Waals surface area contributed by atoms with E-state index in [1.54, 1.807) is 6.08 Å². The molecule has 0 aliphatic rings. The highest BCUT2D eigenvalue weighted by Gasteiger charge is 2.23. The highest BCUT2D eigenvalue weighted by atomic mass is 31.2. The predicted molar refractivity (Wildman–Crippen MR) is 316 cm³/mol. The number of carbonyl (C=O) groups is 1. The first kappa shape index (κ1) is 70.4. The highest BCUT2D eigenvalue weighted by Crippen LogP contribution is 2.38. The summed E-state index contributed by atoms with van der Waals surface area (Å²) in [5.41, 5.74) is 0. The summed E-state index contributed by atoms with van der Waals surface area (Å²) in [7, 11) is 1.26. The maximum absolute atomic E-state index is 13.0. The van der Waals surface area contributed by atoms with Crippen molar-refractivity contribution in [3.63, 3.8) is 0 Å². The van der Waals surface area contributed by atoms with Crippen LogP contribution in [-0.4, -0.2) is 68.5 Å². The Balaban J connectivity index is 4.04. The quantitative estimate of drug-likeness (QED) is 0.0272. The topological polar surface area (TPSA) is 108 Å². The van der Waals surface area contributed by atoms with Gasteiger partial charge in [0.25, 0.3) is 7.82 Å². The van der Waals surface area contributed by atoms with E-state index in [0.717, 1.165) is 83.5 Å². The first-order valence-electron chi connectivity index (χ1n) is 30.1. The van der Waals surface area contributed by atoms with Gasteiger partial charge in [-0.3, -0.25) is 9.36 Å². The van der Waals surface area contributed by atoms with Crippen LogP contribution in [0.15, 0.2) is 97.2 Å². The minimum Gasteiger partial charge on any atom is -0.756 e. The van der Waals surface area contributed by atoms with Gasteiger partial charge in [0.15, 0.2) is 0 Å². The Hall–Kier alpha value is -2.58. The Morgan fingerprint density at radius 3 is 1.22 bits per heavy atom. The smallest absolute Gasteiger partial charge is 0.268 e. The fourth-order valence-electron chi connectivity index (χ4n) is 8.37. The number of unbranched alkanes of at least 4 members (excludes halogenated alkanes) is 27. The van der Waals surface area contributed by atoms with Crippen LogP contribution in [-0.2, 0) is 18.4 Å². The van der Waals surface area contributed by atoms with Crippen molar-refractivity contribution >= 4 is 13.7 Å². The predicted octanol–water partition coefficient (Wildman–Crippen LogP) is 18.0. The van der Waals surface area contributed by atoms with Crippen LogP contribution in [0.5, 0.6) is 0 Å². The molecule has 0 saturated carbocycles. The van der Waals surface area contributed by atoms with E-state index in [1.807, 2.05) is 27.2 Å². The lowest BCUT2D eigenvalue weighted by Crippen LogP contribution is -2.45. The average Bonchev–Trinajstić information content (AvgIpc) is 3.35. The average molecular weight is 1040 g/mol. The third-order valence-corrected chi connectivity index (χ3v) is 14.0. The summed E-state index contributed by atoms with van der Waals surface area (Å²) in [4.78, 5) is 25.5. The SMILES string of the molecule is CC/C=C\C/C=C\C/C=C\C/C=C\C/C=C\C/C=C\C/C=C\CCCCCCCCCCCCCCCCCC(=O)NC(COP(=O)([O-])OCC[N+](C)(C)C)C(O)/C=C/CCCCCCCCCCCCCC. The van der Waals surface area contributed by atoms with E-state index in [-0.39, 0.29) is 19.1 Å². The highest BCUT2D eigenvalue weighted by molar-refractivity contribution is 7.45. The zero-order valence-corrected chi connectivity index (χ0v) is 49.0. The van der Waals surface area contributed by atoms with Crippen LogP contribution in [0.3, 0.4) is 0 Å². The Bertz CT molecular complexity index is 1510. The molecule has 9 heteroatoms. The molecule has 0 aliphatic carbocycles. The van der Waals surface area contributed by atoms with Crippen LogP contribution >= 0.6 is 7.82 Å². The molecular formula is C64H115N2O6P. The molecule has 0 rings (SSSR count). The lowest BCUT2D eigenvalue weighted by molar-refractivity contribution is -0.870. The van der Waals surface area contributed by atoms with Crippen molar-refractivity contribution < 1.29 is 32.9 Å². The number of hydrogen-bond donors (Lipinski definition) is 2. The number of nitrogens with one attached hydrogen (secondary N) is 1. The molecule has 0 fully saturated rings. The fourth-order valence-corrected chi connectivity index (χ4v) is 9.09. The molecule has 0 spiro atoms. The second-order valence-electron chi connectivity index (χ2n) is 21.3. The lowest BCUT2D eigenvalue weighted by atomic mass is 10.0. The number of phosphoric ester groups is 1. The number of carbonyl (C=O) groups excluding carboxylic acids is 1. The molecule has 0 aliphatic heterocycles. The molecule has 3 unspecified atom stereocenters. The summed E-state index contributed by atoms with van der Waals surface area (Å²) < 4.78 is 23.3. The summed E-state index contributed by atoms with van der Waals surface area (Å²) >= 11 is 0. The third kappa shape index (κ3) is 57.0. The van der Waals surface area contributed by atoms with E-state index in [1.165, 1.54) is 148 Å². The summed E-state index contributed by atoms with van der Waals surface area (Å²) in [6.45, 7) is 4.53. The monoisotopic (exact) mass is 1040 g/mol. The van der Waals surface area contributed by atoms with Crippen molar-refractivity contribution in [3.05, 3.63) is 97.2 Å². The van der Waals surface area contributed by atoms with Crippen molar-refractivity contribution in [1.29, 1.82) is 0 Å². The molecule has 0 aromatic rings. The van der Waals surface area contributed by atoms with Gasteiger partial charge in [-0.1, -0.05) is 265 Å². The van der Waals surface area contributed by atoms with Crippen molar-refractivity contribution in [1.82, 2.24) is 5.32 Å². The van der Waals surface area contributed by atoms with E-state index in [9.17, 15) is 19.4 Å². The molecule has 3 atom stereocenters. The van der Waals surface area contributed by atoms with Crippen LogP contribution in [0.1, 0.15) is 251 Å². The molecule has 0 saturated heterocycles. The van der Waals surface area contributed by atoms with Gasteiger partial charge in [0.05, 0.1) is 39.9 Å². The first-order valence-corrected chi connectivity index (χ1v) is 31.6. The molecule has 8 nitrogen and oxygen atoms in total. The fraction of sp³-hybridized carbons (Fsp3) is 0.734. The van der Waals surface area contributed by atoms with E-state index in [2.05, 4.69) is 104 Å². The third-order valence-electron chi connectivity index (χ3n) is 13.0. The van der Waals surface area contributed by atoms with Gasteiger partial charge >= 0.3 is 0 Å². The van der Waals surface area contributed by atoms with Gasteiger partial charge in [-0.25, -0.2) is 0 Å². The van der Waals surface area contributed by atoms with Crippen LogP contribution in [0.4, 0.5) is 0 Å². The van der Waals surface area contributed by atoms with Gasteiger partial charge in [0.1, 0.15) is 13.2 Å². The molecule has 0 bridgehead atoms. The number of nitrogens with zero attached hydrogens (tertiary/aromatic N) is 1. The van der Waals surface area contributed by atoms with E-state index in [0.29, 0.717) is 17.4 Å². The number of likely N-dealkylation sites (N-methyl/N-ethyl adjacent to an activating group) is 1. The molecule has 0 heterocycles. The molecule has 2 N–H and O–H groups in total. The normalized spacial score (nSPS) is 14.6. The molecule has 0 aromatic carbocycles. The number of rotatable bonds is 54. The summed E-state index contributed by atoms with van der Waals surface area (Å²) in [6, 6.07) is -0.890. The molecular weight excluding hydrogens is 924 g/mol. The number of amides is 1. The Morgan fingerprint density at radius 2 is 0.836 bits per heavy atom. The van der Waals surface area contributed by atoms with Gasteiger partial charge in [-0.05, 0) is 77.0 Å². The maximum Gasteiger partial charge on any atom is 0.268 e. The first-order chi connectivity index (χ1) is 35.5. The lowest BCUT2D eigenvalue weighted by Gasteiger charge is -2.29. The van der Waals surface area contributed by atoms with Gasteiger partial charge in [0, 0.05) is 6.42 Å². The second-order valence-corrected chi connectivity index (χ2v) is 22.7. The van der Waals surface area contributed by atoms with E-state index < -0.39 is 20.0 Å². The zero-order chi connectivity index (χ0) is 53.5. The van der Waals surface area contributed by atoms with E-state index in [4.69, 9.17) is 9.05 Å². The Morgan fingerprint density at radius 1 is 0.493 bits per heavy atom. The summed E-state index contributed by atoms with van der Waals surface area (Å²) in [6.07, 6.45) is 77.8. The van der Waals surface area contributed by atoms with Crippen molar-refractivity contribution in [2.24, 2.45) is 0 Å². The molecule has 422 valence electrons. The van der Waals surface area contributed by atoms with Crippen molar-refractivity contribution in [2.75, 3.05) is 40.9 Å². The standard InChI is InChI=1S/C64H115N2O6P/c1-6-8-10-12-14-16-18-20-22-23-24-25-26-27-28-29-30-31-32-33-34-35-36-37-38-39-40-41-42-43-44-46-48-50-52-54-56-58-64(68)65-62(61-72-73(69,70)71-60-59-66(3,4)5)63(67)57-55-53-51-49-47-45-21-19-17-15-13-11-9-7-2/h8,10,14,16,20,22,24-25,27-28,30-31,33-34,55,57,62-63,67H,6-7,9,11-13,15,17-19,21,23,26,29,32,35-54,56,58-61H2,1-5H3,(H-,65,68,69,70)/b10-8-,16-14-,22-20-,25-24-,28-27-,31-30-,34-33-,57-55+. The van der Waals surface area contributed by atoms with Crippen LogP contribution < -0.4 is 10.2 Å². The van der Waals surface area contributed by atoms with E-state index >= 15 is 0 Å². The second kappa shape index (κ2) is 54.2. The van der Waals surface area contributed by atoms with Gasteiger partial charge in [-0.2, -0.15) is 0 Å². The largest absolute Gasteiger partial charge is 0.756 e. The number of aliphatic hydroxyl groups is 1. The molecule has 0 radical (unpaired) electrons. The Kier molecular flexibility index (Phi) is 52.3. The Labute approximate surface area is 451 Å². The van der Waals surface area contributed by atoms with Crippen LogP contribution in [0.2, 0.25) is 0 Å². The number of aliphatic hydroxyl groups excluding tert-OH is 1. The number of allylic oxidation sites excluding steroid dienone is 15. The van der Waals surface area contributed by atoms with Crippen molar-refractivity contribution in [3.8, 4) is 0 Å². The van der Waals surface area contributed by atoms with Crippen molar-refractivity contribution in [2.45, 2.75) is 264 Å². The molecule has 73 heavy (non-hydrogen) atoms. The summed E-state index contributed by atoms with van der Waals surface area (Å²) in [5, 5.41) is 13.9. The van der Waals surface area contributed by atoms with Gasteiger partial charge in [0.2, 0.25) is 5.91 Å². The zero-order valence-electron chi connectivity index (χ0n) is 48.1. The number of quaternary nitrogens is 1. The minimum atomic E-state index is -4.60. The van der Waals surface area contributed by atoms with Gasteiger partial charge < -0.3 is 28.8 Å². The molecule has 1 amide bonds.